The van der Waals surface area contributed by atoms with Crippen LogP contribution >= 0.6 is 0 Å². The molecule has 2 atom stereocenters. The highest BCUT2D eigenvalue weighted by Gasteiger charge is 2.12. The van der Waals surface area contributed by atoms with Crippen molar-refractivity contribution in [3.63, 3.8) is 0 Å². The highest BCUT2D eigenvalue weighted by atomic mass is 16.4. The molecule has 5 N–H and O–H groups in total. The van der Waals surface area contributed by atoms with Crippen molar-refractivity contribution in [3.8, 4) is 0 Å². The normalized spacial score (nSPS) is 15.3. The second-order valence-corrected chi connectivity index (χ2v) is 3.42. The fourth-order valence-electron chi connectivity index (χ4n) is 1.13. The van der Waals surface area contributed by atoms with E-state index in [1.54, 1.807) is 0 Å². The van der Waals surface area contributed by atoms with Gasteiger partial charge in [-0.05, 0) is 19.3 Å². The third-order valence-electron chi connectivity index (χ3n) is 2.09. The van der Waals surface area contributed by atoms with Crippen molar-refractivity contribution in [3.05, 3.63) is 0 Å². The molecule has 0 bridgehead atoms. The lowest BCUT2D eigenvalue weighted by atomic mass is 10.0. The van der Waals surface area contributed by atoms with E-state index in [1.165, 1.54) is 0 Å². The Balaban J connectivity index is 3.45. The summed E-state index contributed by atoms with van der Waals surface area (Å²) in [6, 6.07) is -0.655. The number of aliphatic carboxylic acids is 1. The van der Waals surface area contributed by atoms with Crippen molar-refractivity contribution < 1.29 is 9.90 Å². The fourth-order valence-corrected chi connectivity index (χ4v) is 1.13. The molecular formula is C9H20N2O2. The predicted molar refractivity (Wildman–Crippen MR) is 52.3 cm³/mol. The topological polar surface area (TPSA) is 89.3 Å². The number of hydrogen-bond donors (Lipinski definition) is 3. The summed E-state index contributed by atoms with van der Waals surface area (Å²) in [6.07, 6.45) is 4.36. The molecule has 13 heavy (non-hydrogen) atoms. The van der Waals surface area contributed by atoms with Crippen molar-refractivity contribution in [2.24, 2.45) is 11.5 Å². The molecule has 2 unspecified atom stereocenters. The van der Waals surface area contributed by atoms with Crippen LogP contribution in [0.3, 0.4) is 0 Å². The minimum Gasteiger partial charge on any atom is -0.480 e. The van der Waals surface area contributed by atoms with Gasteiger partial charge in [0.2, 0.25) is 0 Å². The molecule has 0 aliphatic carbocycles. The molecule has 0 aliphatic rings. The summed E-state index contributed by atoms with van der Waals surface area (Å²) in [7, 11) is 0. The van der Waals surface area contributed by atoms with Crippen LogP contribution in [0.4, 0.5) is 0 Å². The summed E-state index contributed by atoms with van der Waals surface area (Å²) >= 11 is 0. The standard InChI is InChI=1S/C9H20N2O2/c1-2-3-4-7(10)5-6-8(11)9(12)13/h7-8H,2-6,10-11H2,1H3,(H,12,13). The van der Waals surface area contributed by atoms with Gasteiger partial charge < -0.3 is 16.6 Å². The van der Waals surface area contributed by atoms with Gasteiger partial charge in [-0.25, -0.2) is 0 Å². The van der Waals surface area contributed by atoms with Gasteiger partial charge in [-0.15, -0.1) is 0 Å². The summed E-state index contributed by atoms with van der Waals surface area (Å²) in [5.74, 6) is -0.942. The Morgan fingerprint density at radius 1 is 1.31 bits per heavy atom. The van der Waals surface area contributed by atoms with E-state index in [0.29, 0.717) is 12.8 Å². The first-order valence-corrected chi connectivity index (χ1v) is 4.81. The van der Waals surface area contributed by atoms with Gasteiger partial charge in [-0.2, -0.15) is 0 Å². The maximum atomic E-state index is 10.4. The number of carbonyl (C=O) groups is 1. The van der Waals surface area contributed by atoms with Crippen LogP contribution in [0.1, 0.15) is 39.0 Å². The molecule has 4 nitrogen and oxygen atoms in total. The molecule has 0 radical (unpaired) electrons. The number of carboxylic acids is 1. The van der Waals surface area contributed by atoms with E-state index in [0.717, 1.165) is 19.3 Å². The molecule has 4 heteroatoms. The van der Waals surface area contributed by atoms with Crippen LogP contribution in [0.25, 0.3) is 0 Å². The predicted octanol–water partition coefficient (Wildman–Crippen LogP) is 0.696. The average molecular weight is 188 g/mol. The molecule has 0 saturated carbocycles. The molecule has 0 spiro atoms. The summed E-state index contributed by atoms with van der Waals surface area (Å²) in [5, 5.41) is 8.51. The zero-order chi connectivity index (χ0) is 10.3. The van der Waals surface area contributed by atoms with Gasteiger partial charge in [0, 0.05) is 6.04 Å². The zero-order valence-electron chi connectivity index (χ0n) is 8.20. The van der Waals surface area contributed by atoms with Gasteiger partial charge in [-0.3, -0.25) is 4.79 Å². The molecule has 0 saturated heterocycles. The first kappa shape index (κ1) is 12.4. The monoisotopic (exact) mass is 188 g/mol. The van der Waals surface area contributed by atoms with E-state index in [-0.39, 0.29) is 6.04 Å². The van der Waals surface area contributed by atoms with Crippen LogP contribution in [-0.4, -0.2) is 23.2 Å². The Hall–Kier alpha value is -0.610. The van der Waals surface area contributed by atoms with Gasteiger partial charge in [0.1, 0.15) is 6.04 Å². The van der Waals surface area contributed by atoms with Crippen LogP contribution in [0.15, 0.2) is 0 Å². The molecule has 0 aromatic carbocycles. The quantitative estimate of drug-likeness (QED) is 0.548. The van der Waals surface area contributed by atoms with Crippen LogP contribution < -0.4 is 11.5 Å². The first-order chi connectivity index (χ1) is 6.07. The highest BCUT2D eigenvalue weighted by molar-refractivity contribution is 5.72. The lowest BCUT2D eigenvalue weighted by Gasteiger charge is -2.12. The summed E-state index contributed by atoms with van der Waals surface area (Å²) in [4.78, 5) is 10.4. The molecule has 0 aliphatic heterocycles. The third kappa shape index (κ3) is 6.54. The van der Waals surface area contributed by atoms with E-state index in [2.05, 4.69) is 6.92 Å². The minimum atomic E-state index is -0.942. The van der Waals surface area contributed by atoms with E-state index in [4.69, 9.17) is 16.6 Å². The molecule has 0 aromatic heterocycles. The van der Waals surface area contributed by atoms with Crippen molar-refractivity contribution in [2.75, 3.05) is 0 Å². The molecule has 0 amide bonds. The van der Waals surface area contributed by atoms with E-state index < -0.39 is 12.0 Å². The van der Waals surface area contributed by atoms with Crippen molar-refractivity contribution >= 4 is 5.97 Å². The Morgan fingerprint density at radius 3 is 2.38 bits per heavy atom. The van der Waals surface area contributed by atoms with E-state index >= 15 is 0 Å². The van der Waals surface area contributed by atoms with E-state index in [1.807, 2.05) is 0 Å². The zero-order valence-corrected chi connectivity index (χ0v) is 8.20. The Labute approximate surface area is 79.3 Å². The summed E-state index contributed by atoms with van der Waals surface area (Å²) in [6.45, 7) is 2.11. The van der Waals surface area contributed by atoms with Gasteiger partial charge >= 0.3 is 5.97 Å². The van der Waals surface area contributed by atoms with Gasteiger partial charge in [0.15, 0.2) is 0 Å². The maximum absolute atomic E-state index is 10.4. The van der Waals surface area contributed by atoms with Gasteiger partial charge in [0.05, 0.1) is 0 Å². The summed E-state index contributed by atoms with van der Waals surface area (Å²) < 4.78 is 0. The largest absolute Gasteiger partial charge is 0.480 e. The van der Waals surface area contributed by atoms with Crippen molar-refractivity contribution in [2.45, 2.75) is 51.1 Å². The average Bonchev–Trinajstić information content (AvgIpc) is 2.10. The molecule has 78 valence electrons. The maximum Gasteiger partial charge on any atom is 0.320 e. The number of carboxylic acid groups (broad SMARTS) is 1. The fraction of sp³-hybridized carbons (Fsp3) is 0.889. The Morgan fingerprint density at radius 2 is 1.92 bits per heavy atom. The number of rotatable bonds is 7. The van der Waals surface area contributed by atoms with Gasteiger partial charge in [-0.1, -0.05) is 19.8 Å². The molecule has 0 rings (SSSR count). The summed E-state index contributed by atoms with van der Waals surface area (Å²) in [5.41, 5.74) is 11.1. The second-order valence-electron chi connectivity index (χ2n) is 3.42. The van der Waals surface area contributed by atoms with Crippen molar-refractivity contribution in [1.29, 1.82) is 0 Å². The minimum absolute atomic E-state index is 0.102. The highest BCUT2D eigenvalue weighted by Crippen LogP contribution is 2.05. The smallest absolute Gasteiger partial charge is 0.320 e. The van der Waals surface area contributed by atoms with E-state index in [9.17, 15) is 4.79 Å². The van der Waals surface area contributed by atoms with Crippen LogP contribution in [0, 0.1) is 0 Å². The van der Waals surface area contributed by atoms with Crippen molar-refractivity contribution in [1.82, 2.24) is 0 Å². The molecular weight excluding hydrogens is 168 g/mol. The second kappa shape index (κ2) is 6.86. The van der Waals surface area contributed by atoms with Gasteiger partial charge in [0.25, 0.3) is 0 Å². The first-order valence-electron chi connectivity index (χ1n) is 4.81. The SMILES string of the molecule is CCCCC(N)CCC(N)C(=O)O. The number of nitrogens with two attached hydrogens (primary N) is 2. The number of unbranched alkanes of at least 4 members (excludes halogenated alkanes) is 1. The lowest BCUT2D eigenvalue weighted by Crippen LogP contribution is -2.32. The Kier molecular flexibility index (Phi) is 6.54. The molecule has 0 heterocycles. The van der Waals surface area contributed by atoms with Crippen LogP contribution in [0.5, 0.6) is 0 Å². The van der Waals surface area contributed by atoms with Crippen LogP contribution in [-0.2, 0) is 4.79 Å². The molecule has 0 aromatic rings. The number of hydrogen-bond acceptors (Lipinski definition) is 3. The third-order valence-corrected chi connectivity index (χ3v) is 2.09. The molecule has 0 fully saturated rings. The Bertz CT molecular complexity index is 151. The van der Waals surface area contributed by atoms with Crippen LogP contribution in [0.2, 0.25) is 0 Å². The lowest BCUT2D eigenvalue weighted by molar-refractivity contribution is -0.138.